The summed E-state index contributed by atoms with van der Waals surface area (Å²) in [5, 5.41) is 5.75. The molecule has 2 N–H and O–H groups in total. The van der Waals surface area contributed by atoms with E-state index < -0.39 is 0 Å². The van der Waals surface area contributed by atoms with Gasteiger partial charge in [-0.15, -0.1) is 0 Å². The molecule has 1 unspecified atom stereocenters. The van der Waals surface area contributed by atoms with Gasteiger partial charge in [-0.1, -0.05) is 30.3 Å². The molecular formula is C22H28N2O3. The van der Waals surface area contributed by atoms with Crippen molar-refractivity contribution in [3.8, 4) is 5.75 Å². The molecule has 0 bridgehead atoms. The Kier molecular flexibility index (Phi) is 7.41. The maximum absolute atomic E-state index is 12.2. The molecule has 144 valence electrons. The molecule has 0 saturated carbocycles. The molecule has 0 radical (unpaired) electrons. The minimum absolute atomic E-state index is 0.0991. The third-order valence-corrected chi connectivity index (χ3v) is 4.13. The highest BCUT2D eigenvalue weighted by molar-refractivity contribution is 5.95. The van der Waals surface area contributed by atoms with Crippen molar-refractivity contribution in [3.05, 3.63) is 65.2 Å². The van der Waals surface area contributed by atoms with Gasteiger partial charge in [0.25, 0.3) is 5.91 Å². The zero-order valence-electron chi connectivity index (χ0n) is 16.4. The Morgan fingerprint density at radius 2 is 1.78 bits per heavy atom. The maximum Gasteiger partial charge on any atom is 0.251 e. The quantitative estimate of drug-likeness (QED) is 0.745. The van der Waals surface area contributed by atoms with Crippen LogP contribution in [0.4, 0.5) is 0 Å². The highest BCUT2D eigenvalue weighted by Gasteiger charge is 2.12. The Bertz CT molecular complexity index is 787. The zero-order chi connectivity index (χ0) is 19.8. The normalized spacial score (nSPS) is 11.7. The Morgan fingerprint density at radius 1 is 1.04 bits per heavy atom. The monoisotopic (exact) mass is 368 g/mol. The van der Waals surface area contributed by atoms with E-state index in [4.69, 9.17) is 4.74 Å². The summed E-state index contributed by atoms with van der Waals surface area (Å²) in [7, 11) is 0. The van der Waals surface area contributed by atoms with Crippen molar-refractivity contribution in [1.29, 1.82) is 0 Å². The van der Waals surface area contributed by atoms with Crippen LogP contribution in [0, 0.1) is 6.92 Å². The molecular weight excluding hydrogens is 340 g/mol. The van der Waals surface area contributed by atoms with E-state index in [0.717, 1.165) is 16.9 Å². The van der Waals surface area contributed by atoms with Gasteiger partial charge in [-0.05, 0) is 57.0 Å². The van der Waals surface area contributed by atoms with Crippen LogP contribution < -0.4 is 15.4 Å². The van der Waals surface area contributed by atoms with Gasteiger partial charge in [-0.3, -0.25) is 9.59 Å². The van der Waals surface area contributed by atoms with Crippen molar-refractivity contribution < 1.29 is 14.3 Å². The molecule has 5 nitrogen and oxygen atoms in total. The molecule has 27 heavy (non-hydrogen) atoms. The molecule has 1 atom stereocenters. The molecule has 5 heteroatoms. The van der Waals surface area contributed by atoms with Gasteiger partial charge in [0.2, 0.25) is 5.91 Å². The first-order valence-electron chi connectivity index (χ1n) is 9.26. The molecule has 2 aromatic rings. The fourth-order valence-corrected chi connectivity index (χ4v) is 2.74. The predicted molar refractivity (Wildman–Crippen MR) is 107 cm³/mol. The Balaban J connectivity index is 1.81. The number of ether oxygens (including phenoxy) is 1. The molecule has 0 aromatic heterocycles. The van der Waals surface area contributed by atoms with Gasteiger partial charge < -0.3 is 15.4 Å². The molecule has 0 fully saturated rings. The third-order valence-electron chi connectivity index (χ3n) is 4.13. The second kappa shape index (κ2) is 9.76. The van der Waals surface area contributed by atoms with Crippen molar-refractivity contribution in [2.24, 2.45) is 0 Å². The summed E-state index contributed by atoms with van der Waals surface area (Å²) in [6, 6.07) is 15.0. The number of amides is 2. The Morgan fingerprint density at radius 3 is 2.48 bits per heavy atom. The van der Waals surface area contributed by atoms with Crippen LogP contribution in [0.2, 0.25) is 0 Å². The second-order valence-electron chi connectivity index (χ2n) is 6.85. The summed E-state index contributed by atoms with van der Waals surface area (Å²) >= 11 is 0. The molecule has 0 aliphatic heterocycles. The lowest BCUT2D eigenvalue weighted by Crippen LogP contribution is -2.32. The SMILES string of the molecule is Cc1ccccc1C(=O)NCCC(=O)NC(C)c1cccc(OC(C)C)c1. The molecule has 2 aromatic carbocycles. The Labute approximate surface area is 161 Å². The molecule has 0 aliphatic rings. The van der Waals surface area contributed by atoms with E-state index in [1.807, 2.05) is 70.2 Å². The van der Waals surface area contributed by atoms with Gasteiger partial charge in [0.15, 0.2) is 0 Å². The molecule has 0 heterocycles. The second-order valence-corrected chi connectivity index (χ2v) is 6.85. The van der Waals surface area contributed by atoms with Crippen LogP contribution in [-0.2, 0) is 4.79 Å². The number of rotatable bonds is 8. The van der Waals surface area contributed by atoms with Crippen molar-refractivity contribution in [1.82, 2.24) is 10.6 Å². The number of hydrogen-bond acceptors (Lipinski definition) is 3. The third kappa shape index (κ3) is 6.44. The molecule has 0 saturated heterocycles. The smallest absolute Gasteiger partial charge is 0.251 e. The lowest BCUT2D eigenvalue weighted by atomic mass is 10.1. The largest absolute Gasteiger partial charge is 0.491 e. The average molecular weight is 368 g/mol. The van der Waals surface area contributed by atoms with Crippen LogP contribution in [0.25, 0.3) is 0 Å². The van der Waals surface area contributed by atoms with Gasteiger partial charge in [0.05, 0.1) is 12.1 Å². The number of hydrogen-bond donors (Lipinski definition) is 2. The zero-order valence-corrected chi connectivity index (χ0v) is 16.4. The van der Waals surface area contributed by atoms with Crippen molar-refractivity contribution in [2.45, 2.75) is 46.3 Å². The highest BCUT2D eigenvalue weighted by atomic mass is 16.5. The minimum atomic E-state index is -0.160. The maximum atomic E-state index is 12.2. The van der Waals surface area contributed by atoms with Crippen LogP contribution in [0.5, 0.6) is 5.75 Å². The van der Waals surface area contributed by atoms with Crippen molar-refractivity contribution in [3.63, 3.8) is 0 Å². The van der Waals surface area contributed by atoms with Gasteiger partial charge in [-0.2, -0.15) is 0 Å². The Hall–Kier alpha value is -2.82. The number of nitrogens with one attached hydrogen (secondary N) is 2. The van der Waals surface area contributed by atoms with Crippen LogP contribution in [0.3, 0.4) is 0 Å². The van der Waals surface area contributed by atoms with E-state index in [1.165, 1.54) is 0 Å². The van der Waals surface area contributed by atoms with Crippen molar-refractivity contribution >= 4 is 11.8 Å². The summed E-state index contributed by atoms with van der Waals surface area (Å²) in [4.78, 5) is 24.3. The number of carbonyl (C=O) groups is 2. The summed E-state index contributed by atoms with van der Waals surface area (Å²) < 4.78 is 5.69. The van der Waals surface area contributed by atoms with E-state index in [1.54, 1.807) is 6.07 Å². The lowest BCUT2D eigenvalue weighted by molar-refractivity contribution is -0.121. The van der Waals surface area contributed by atoms with Crippen molar-refractivity contribution in [2.75, 3.05) is 6.54 Å². The van der Waals surface area contributed by atoms with Gasteiger partial charge >= 0.3 is 0 Å². The van der Waals surface area contributed by atoms with Crippen LogP contribution >= 0.6 is 0 Å². The molecule has 0 spiro atoms. The van der Waals surface area contributed by atoms with E-state index in [0.29, 0.717) is 12.1 Å². The van der Waals surface area contributed by atoms with Gasteiger partial charge in [-0.25, -0.2) is 0 Å². The predicted octanol–water partition coefficient (Wildman–Crippen LogP) is 3.78. The first-order valence-corrected chi connectivity index (χ1v) is 9.26. The standard InChI is InChI=1S/C22H28N2O3/c1-15(2)27-19-10-7-9-18(14-19)17(4)24-21(25)12-13-23-22(26)20-11-6-5-8-16(20)3/h5-11,14-15,17H,12-13H2,1-4H3,(H,23,26)(H,24,25). The summed E-state index contributed by atoms with van der Waals surface area (Å²) in [5.41, 5.74) is 2.52. The van der Waals surface area contributed by atoms with E-state index in [-0.39, 0.29) is 30.4 Å². The van der Waals surface area contributed by atoms with Crippen LogP contribution in [0.1, 0.15) is 54.7 Å². The summed E-state index contributed by atoms with van der Waals surface area (Å²) in [5.74, 6) is 0.518. The fraction of sp³-hybridized carbons (Fsp3) is 0.364. The summed E-state index contributed by atoms with van der Waals surface area (Å²) in [6.45, 7) is 8.06. The van der Waals surface area contributed by atoms with Crippen LogP contribution in [0.15, 0.2) is 48.5 Å². The minimum Gasteiger partial charge on any atom is -0.491 e. The van der Waals surface area contributed by atoms with Gasteiger partial charge in [0, 0.05) is 18.5 Å². The topological polar surface area (TPSA) is 67.4 Å². The molecule has 2 rings (SSSR count). The summed E-state index contributed by atoms with van der Waals surface area (Å²) in [6.07, 6.45) is 0.325. The highest BCUT2D eigenvalue weighted by Crippen LogP contribution is 2.20. The number of carbonyl (C=O) groups excluding carboxylic acids is 2. The number of benzene rings is 2. The average Bonchev–Trinajstić information content (AvgIpc) is 2.61. The van der Waals surface area contributed by atoms with E-state index in [2.05, 4.69) is 10.6 Å². The fourth-order valence-electron chi connectivity index (χ4n) is 2.74. The van der Waals surface area contributed by atoms with Gasteiger partial charge in [0.1, 0.15) is 5.75 Å². The van der Waals surface area contributed by atoms with E-state index >= 15 is 0 Å². The van der Waals surface area contributed by atoms with E-state index in [9.17, 15) is 9.59 Å². The first-order chi connectivity index (χ1) is 12.9. The van der Waals surface area contributed by atoms with Crippen LogP contribution in [-0.4, -0.2) is 24.5 Å². The number of aryl methyl sites for hydroxylation is 1. The first kappa shape index (κ1) is 20.5. The molecule has 0 aliphatic carbocycles. The lowest BCUT2D eigenvalue weighted by Gasteiger charge is -2.17. The molecule has 2 amide bonds.